The minimum atomic E-state index is 0.332. The van der Waals surface area contributed by atoms with Crippen LogP contribution in [0, 0.1) is 11.8 Å². The summed E-state index contributed by atoms with van der Waals surface area (Å²) < 4.78 is 6.88. The molecule has 6 fully saturated rings. The summed E-state index contributed by atoms with van der Waals surface area (Å²) in [5.74, 6) is 2.11. The molecule has 6 saturated carbocycles. The van der Waals surface area contributed by atoms with Crippen LogP contribution in [0.1, 0.15) is 77.0 Å². The van der Waals surface area contributed by atoms with E-state index in [1.165, 1.54) is 77.0 Å². The molecule has 6 aliphatic carbocycles. The smallest absolute Gasteiger partial charge is 0.0690 e. The van der Waals surface area contributed by atoms with Crippen molar-refractivity contribution in [2.45, 2.75) is 88.3 Å². The Bertz CT molecular complexity index is 235. The van der Waals surface area contributed by atoms with Gasteiger partial charge in [-0.15, -0.1) is 0 Å². The Morgan fingerprint density at radius 2 is 0.824 bits per heavy atom. The Morgan fingerprint density at radius 1 is 0.529 bits per heavy atom. The normalized spacial score (nSPS) is 52.9. The van der Waals surface area contributed by atoms with Gasteiger partial charge in [-0.2, -0.15) is 0 Å². The molecule has 6 rings (SSSR count). The van der Waals surface area contributed by atoms with Crippen LogP contribution in [-0.2, 0) is 4.74 Å². The van der Waals surface area contributed by atoms with Crippen LogP contribution in [0.25, 0.3) is 0 Å². The number of hydrogen-bond acceptors (Lipinski definition) is 1. The predicted molar refractivity (Wildman–Crippen MR) is 68.9 cm³/mol. The lowest BCUT2D eigenvalue weighted by molar-refractivity contribution is -0.223. The zero-order chi connectivity index (χ0) is 11.3. The average molecular weight is 234 g/mol. The number of hydrogen-bond donors (Lipinski definition) is 0. The molecular formula is C16H26O. The van der Waals surface area contributed by atoms with Gasteiger partial charge < -0.3 is 4.74 Å². The first-order chi connectivity index (χ1) is 8.28. The van der Waals surface area contributed by atoms with Crippen molar-refractivity contribution in [2.24, 2.45) is 11.8 Å². The van der Waals surface area contributed by atoms with Crippen LogP contribution in [0.15, 0.2) is 0 Å². The molecule has 1 nitrogen and oxygen atoms in total. The van der Waals surface area contributed by atoms with Crippen molar-refractivity contribution >= 4 is 0 Å². The van der Waals surface area contributed by atoms with E-state index in [9.17, 15) is 0 Å². The molecule has 0 aliphatic heterocycles. The molecule has 1 heteroatoms. The van der Waals surface area contributed by atoms with E-state index in [0.29, 0.717) is 11.2 Å². The van der Waals surface area contributed by atoms with Gasteiger partial charge in [-0.25, -0.2) is 0 Å². The fraction of sp³-hybridized carbons (Fsp3) is 1.00. The third-order valence-corrected chi connectivity index (χ3v) is 6.48. The summed E-state index contributed by atoms with van der Waals surface area (Å²) >= 11 is 0. The van der Waals surface area contributed by atoms with Gasteiger partial charge in [0.05, 0.1) is 11.2 Å². The summed E-state index contributed by atoms with van der Waals surface area (Å²) in [6.07, 6.45) is 17.0. The highest BCUT2D eigenvalue weighted by molar-refractivity contribution is 5.00. The van der Waals surface area contributed by atoms with Crippen molar-refractivity contribution < 1.29 is 4.74 Å². The summed E-state index contributed by atoms with van der Waals surface area (Å²) in [5, 5.41) is 0. The lowest BCUT2D eigenvalue weighted by atomic mass is 9.64. The monoisotopic (exact) mass is 234 g/mol. The predicted octanol–water partition coefficient (Wildman–Crippen LogP) is 4.45. The van der Waals surface area contributed by atoms with Crippen LogP contribution >= 0.6 is 0 Å². The first kappa shape index (κ1) is 10.8. The van der Waals surface area contributed by atoms with Gasteiger partial charge in [-0.05, 0) is 88.9 Å². The van der Waals surface area contributed by atoms with E-state index in [0.717, 1.165) is 11.8 Å². The van der Waals surface area contributed by atoms with Crippen LogP contribution < -0.4 is 0 Å². The van der Waals surface area contributed by atoms with Gasteiger partial charge >= 0.3 is 0 Å². The van der Waals surface area contributed by atoms with Gasteiger partial charge in [0.2, 0.25) is 0 Å². The van der Waals surface area contributed by atoms with E-state index < -0.39 is 0 Å². The summed E-state index contributed by atoms with van der Waals surface area (Å²) in [6, 6.07) is 0. The number of rotatable bonds is 2. The standard InChI is InChI=1S/C16H26O/c1-7-15(8-2-13(1)3-9-15)17-16-10-4-14(5-11-16)6-12-16/h13-14H,1-12H2. The highest BCUT2D eigenvalue weighted by Gasteiger charge is 2.49. The highest BCUT2D eigenvalue weighted by Crippen LogP contribution is 2.53. The molecule has 0 aromatic carbocycles. The molecule has 4 bridgehead atoms. The Labute approximate surface area is 105 Å². The van der Waals surface area contributed by atoms with Crippen molar-refractivity contribution in [1.82, 2.24) is 0 Å². The summed E-state index contributed by atoms with van der Waals surface area (Å²) in [6.45, 7) is 0. The fourth-order valence-electron chi connectivity index (χ4n) is 5.18. The molecule has 0 amide bonds. The molecule has 0 aromatic heterocycles. The summed E-state index contributed by atoms with van der Waals surface area (Å²) in [7, 11) is 0. The molecule has 96 valence electrons. The third-order valence-electron chi connectivity index (χ3n) is 6.48. The zero-order valence-corrected chi connectivity index (χ0v) is 11.0. The Morgan fingerprint density at radius 3 is 1.12 bits per heavy atom. The van der Waals surface area contributed by atoms with Crippen molar-refractivity contribution in [2.75, 3.05) is 0 Å². The molecule has 0 unspecified atom stereocenters. The van der Waals surface area contributed by atoms with Crippen molar-refractivity contribution in [1.29, 1.82) is 0 Å². The SMILES string of the molecule is C1CC2(OC34CCC(CC3)CC4)CCC1CC2. The second kappa shape index (κ2) is 3.73. The fourth-order valence-corrected chi connectivity index (χ4v) is 5.18. The van der Waals surface area contributed by atoms with Crippen LogP contribution in [0.4, 0.5) is 0 Å². The van der Waals surface area contributed by atoms with Crippen molar-refractivity contribution in [3.05, 3.63) is 0 Å². The molecule has 17 heavy (non-hydrogen) atoms. The van der Waals surface area contributed by atoms with Crippen molar-refractivity contribution in [3.8, 4) is 0 Å². The van der Waals surface area contributed by atoms with Gasteiger partial charge in [0, 0.05) is 0 Å². The lowest BCUT2D eigenvalue weighted by Crippen LogP contribution is -2.52. The van der Waals surface area contributed by atoms with Gasteiger partial charge in [-0.3, -0.25) is 0 Å². The Hall–Kier alpha value is -0.0400. The molecule has 0 atom stereocenters. The molecule has 0 saturated heterocycles. The maximum atomic E-state index is 6.88. The minimum absolute atomic E-state index is 0.332. The quantitative estimate of drug-likeness (QED) is 0.686. The lowest BCUT2D eigenvalue weighted by Gasteiger charge is -2.55. The molecule has 0 radical (unpaired) electrons. The maximum absolute atomic E-state index is 6.88. The number of ether oxygens (including phenoxy) is 1. The third kappa shape index (κ3) is 1.77. The van der Waals surface area contributed by atoms with E-state index in [4.69, 9.17) is 4.74 Å². The Kier molecular flexibility index (Phi) is 2.38. The first-order valence-corrected chi connectivity index (χ1v) is 7.98. The van der Waals surface area contributed by atoms with Gasteiger partial charge in [0.15, 0.2) is 0 Å². The van der Waals surface area contributed by atoms with Gasteiger partial charge in [-0.1, -0.05) is 0 Å². The molecule has 0 N–H and O–H groups in total. The van der Waals surface area contributed by atoms with E-state index in [-0.39, 0.29) is 0 Å². The van der Waals surface area contributed by atoms with E-state index in [1.54, 1.807) is 0 Å². The highest BCUT2D eigenvalue weighted by atomic mass is 16.5. The van der Waals surface area contributed by atoms with Crippen LogP contribution in [0.3, 0.4) is 0 Å². The Balaban J connectivity index is 1.52. The van der Waals surface area contributed by atoms with Crippen LogP contribution in [0.2, 0.25) is 0 Å². The average Bonchev–Trinajstić information content (AvgIpc) is 2.42. The second-order valence-electron chi connectivity index (χ2n) is 7.43. The minimum Gasteiger partial charge on any atom is -0.369 e. The van der Waals surface area contributed by atoms with E-state index in [1.807, 2.05) is 0 Å². The topological polar surface area (TPSA) is 9.23 Å². The molecule has 6 aliphatic rings. The molecule has 0 aromatic rings. The van der Waals surface area contributed by atoms with E-state index >= 15 is 0 Å². The summed E-state index contributed by atoms with van der Waals surface area (Å²) in [4.78, 5) is 0. The van der Waals surface area contributed by atoms with Crippen molar-refractivity contribution in [3.63, 3.8) is 0 Å². The van der Waals surface area contributed by atoms with E-state index in [2.05, 4.69) is 0 Å². The van der Waals surface area contributed by atoms with Crippen LogP contribution in [0.5, 0.6) is 0 Å². The first-order valence-electron chi connectivity index (χ1n) is 7.98. The van der Waals surface area contributed by atoms with Gasteiger partial charge in [0.25, 0.3) is 0 Å². The van der Waals surface area contributed by atoms with Crippen LogP contribution in [-0.4, -0.2) is 11.2 Å². The summed E-state index contributed by atoms with van der Waals surface area (Å²) in [5.41, 5.74) is 0.665. The largest absolute Gasteiger partial charge is 0.369 e. The maximum Gasteiger partial charge on any atom is 0.0690 e. The second-order valence-corrected chi connectivity index (χ2v) is 7.43. The molecular weight excluding hydrogens is 208 g/mol. The zero-order valence-electron chi connectivity index (χ0n) is 11.0. The number of fused-ring (bicyclic) bond motifs is 6. The molecule has 0 heterocycles. The molecule has 0 spiro atoms. The van der Waals surface area contributed by atoms with Gasteiger partial charge in [0.1, 0.15) is 0 Å².